The van der Waals surface area contributed by atoms with Crippen LogP contribution in [0.25, 0.3) is 0 Å². The van der Waals surface area contributed by atoms with E-state index in [0.717, 1.165) is 0 Å². The SMILES string of the molecule is CC(C)NC(=O)CN(CC(=O)O)c1ccccc1N. The summed E-state index contributed by atoms with van der Waals surface area (Å²) in [6.45, 7) is 3.37. The number of aliphatic carboxylic acids is 1. The number of benzene rings is 1. The van der Waals surface area contributed by atoms with Crippen molar-refractivity contribution < 1.29 is 14.7 Å². The van der Waals surface area contributed by atoms with Gasteiger partial charge in [0.25, 0.3) is 0 Å². The van der Waals surface area contributed by atoms with Crippen molar-refractivity contribution in [1.29, 1.82) is 0 Å². The predicted molar refractivity (Wildman–Crippen MR) is 74.0 cm³/mol. The number of rotatable bonds is 6. The fourth-order valence-corrected chi connectivity index (χ4v) is 1.71. The van der Waals surface area contributed by atoms with Crippen LogP contribution in [0, 0.1) is 0 Å². The van der Waals surface area contributed by atoms with Gasteiger partial charge < -0.3 is 21.1 Å². The van der Waals surface area contributed by atoms with Gasteiger partial charge in [-0.2, -0.15) is 0 Å². The minimum atomic E-state index is -1.01. The topological polar surface area (TPSA) is 95.7 Å². The van der Waals surface area contributed by atoms with Crippen molar-refractivity contribution in [3.05, 3.63) is 24.3 Å². The number of hydrogen-bond acceptors (Lipinski definition) is 4. The van der Waals surface area contributed by atoms with Crippen LogP contribution in [0.2, 0.25) is 0 Å². The Balaban J connectivity index is 2.86. The number of hydrogen-bond donors (Lipinski definition) is 3. The largest absolute Gasteiger partial charge is 0.480 e. The van der Waals surface area contributed by atoms with E-state index < -0.39 is 5.97 Å². The lowest BCUT2D eigenvalue weighted by Crippen LogP contribution is -2.42. The van der Waals surface area contributed by atoms with E-state index in [4.69, 9.17) is 10.8 Å². The Labute approximate surface area is 112 Å². The van der Waals surface area contributed by atoms with Crippen LogP contribution in [-0.4, -0.2) is 36.1 Å². The minimum absolute atomic E-state index is 0.00676. The van der Waals surface area contributed by atoms with Gasteiger partial charge >= 0.3 is 5.97 Å². The van der Waals surface area contributed by atoms with Crippen molar-refractivity contribution in [2.45, 2.75) is 19.9 Å². The highest BCUT2D eigenvalue weighted by molar-refractivity contribution is 5.86. The fourth-order valence-electron chi connectivity index (χ4n) is 1.71. The summed E-state index contributed by atoms with van der Waals surface area (Å²) in [5, 5.41) is 11.6. The van der Waals surface area contributed by atoms with E-state index in [0.29, 0.717) is 11.4 Å². The zero-order valence-corrected chi connectivity index (χ0v) is 11.1. The maximum atomic E-state index is 11.7. The van der Waals surface area contributed by atoms with E-state index in [1.807, 2.05) is 13.8 Å². The highest BCUT2D eigenvalue weighted by Crippen LogP contribution is 2.21. The smallest absolute Gasteiger partial charge is 0.323 e. The van der Waals surface area contributed by atoms with Gasteiger partial charge in [0.15, 0.2) is 0 Å². The number of anilines is 2. The van der Waals surface area contributed by atoms with Crippen LogP contribution in [0.15, 0.2) is 24.3 Å². The molecule has 0 fully saturated rings. The van der Waals surface area contributed by atoms with E-state index in [1.165, 1.54) is 4.90 Å². The summed E-state index contributed by atoms with van der Waals surface area (Å²) in [5.41, 5.74) is 6.80. The van der Waals surface area contributed by atoms with Gasteiger partial charge in [-0.3, -0.25) is 9.59 Å². The summed E-state index contributed by atoms with van der Waals surface area (Å²) >= 11 is 0. The van der Waals surface area contributed by atoms with Crippen LogP contribution in [-0.2, 0) is 9.59 Å². The first-order valence-electron chi connectivity index (χ1n) is 6.00. The van der Waals surface area contributed by atoms with Crippen LogP contribution in [0.1, 0.15) is 13.8 Å². The number of nitrogen functional groups attached to an aromatic ring is 1. The van der Waals surface area contributed by atoms with E-state index in [1.54, 1.807) is 24.3 Å². The summed E-state index contributed by atoms with van der Waals surface area (Å²) in [6, 6.07) is 6.88. The number of amides is 1. The molecule has 0 saturated heterocycles. The number of nitrogens with zero attached hydrogens (tertiary/aromatic N) is 1. The lowest BCUT2D eigenvalue weighted by Gasteiger charge is -2.24. The van der Waals surface area contributed by atoms with Gasteiger partial charge in [0.2, 0.25) is 5.91 Å². The first-order chi connectivity index (χ1) is 8.90. The average Bonchev–Trinajstić information content (AvgIpc) is 2.26. The lowest BCUT2D eigenvalue weighted by molar-refractivity contribution is -0.135. The van der Waals surface area contributed by atoms with Crippen molar-refractivity contribution >= 4 is 23.3 Å². The second kappa shape index (κ2) is 6.63. The van der Waals surface area contributed by atoms with Crippen molar-refractivity contribution in [1.82, 2.24) is 5.32 Å². The van der Waals surface area contributed by atoms with E-state index in [9.17, 15) is 9.59 Å². The number of nitrogens with one attached hydrogen (secondary N) is 1. The third-order valence-corrected chi connectivity index (χ3v) is 2.39. The van der Waals surface area contributed by atoms with Gasteiger partial charge in [0, 0.05) is 6.04 Å². The van der Waals surface area contributed by atoms with Gasteiger partial charge in [-0.25, -0.2) is 0 Å². The molecule has 0 aromatic heterocycles. The molecule has 0 saturated carbocycles. The molecule has 0 aliphatic heterocycles. The monoisotopic (exact) mass is 265 g/mol. The van der Waals surface area contributed by atoms with E-state index >= 15 is 0 Å². The maximum Gasteiger partial charge on any atom is 0.323 e. The molecular formula is C13H19N3O3. The number of nitrogens with two attached hydrogens (primary N) is 1. The number of carboxylic acids is 1. The van der Waals surface area contributed by atoms with Crippen molar-refractivity contribution in [2.24, 2.45) is 0 Å². The lowest BCUT2D eigenvalue weighted by atomic mass is 10.2. The molecule has 0 spiro atoms. The molecule has 0 unspecified atom stereocenters. The molecular weight excluding hydrogens is 246 g/mol. The van der Waals surface area contributed by atoms with E-state index in [2.05, 4.69) is 5.32 Å². The van der Waals surface area contributed by atoms with Crippen molar-refractivity contribution in [3.63, 3.8) is 0 Å². The highest BCUT2D eigenvalue weighted by atomic mass is 16.4. The molecule has 0 atom stereocenters. The quantitative estimate of drug-likeness (QED) is 0.657. The first-order valence-corrected chi connectivity index (χ1v) is 6.00. The van der Waals surface area contributed by atoms with Crippen LogP contribution in [0.5, 0.6) is 0 Å². The molecule has 0 heterocycles. The molecule has 0 radical (unpaired) electrons. The zero-order chi connectivity index (χ0) is 14.4. The van der Waals surface area contributed by atoms with Gasteiger partial charge in [0.05, 0.1) is 17.9 Å². The third-order valence-electron chi connectivity index (χ3n) is 2.39. The molecule has 0 aliphatic rings. The molecule has 0 bridgehead atoms. The summed E-state index contributed by atoms with van der Waals surface area (Å²) in [7, 11) is 0. The van der Waals surface area contributed by atoms with Gasteiger partial charge in [0.1, 0.15) is 6.54 Å². The van der Waals surface area contributed by atoms with Gasteiger partial charge in [-0.05, 0) is 26.0 Å². The number of carbonyl (C=O) groups is 2. The third kappa shape index (κ3) is 4.87. The maximum absolute atomic E-state index is 11.7. The fraction of sp³-hybridized carbons (Fsp3) is 0.385. The predicted octanol–water partition coefficient (Wildman–Crippen LogP) is 0.684. The Hall–Kier alpha value is -2.24. The minimum Gasteiger partial charge on any atom is -0.480 e. The molecule has 0 aliphatic carbocycles. The molecule has 1 aromatic carbocycles. The molecule has 6 nitrogen and oxygen atoms in total. The van der Waals surface area contributed by atoms with Crippen LogP contribution >= 0.6 is 0 Å². The van der Waals surface area contributed by atoms with Gasteiger partial charge in [-0.15, -0.1) is 0 Å². The molecule has 1 amide bonds. The zero-order valence-electron chi connectivity index (χ0n) is 11.1. The Morgan fingerprint density at radius 1 is 1.32 bits per heavy atom. The van der Waals surface area contributed by atoms with Crippen LogP contribution < -0.4 is 16.0 Å². The molecule has 4 N–H and O–H groups in total. The van der Waals surface area contributed by atoms with E-state index in [-0.39, 0.29) is 25.0 Å². The summed E-state index contributed by atoms with van der Waals surface area (Å²) < 4.78 is 0. The number of carboxylic acid groups (broad SMARTS) is 1. The molecule has 19 heavy (non-hydrogen) atoms. The molecule has 6 heteroatoms. The normalized spacial score (nSPS) is 10.3. The van der Waals surface area contributed by atoms with Crippen molar-refractivity contribution in [3.8, 4) is 0 Å². The summed E-state index contributed by atoms with van der Waals surface area (Å²) in [4.78, 5) is 24.1. The second-order valence-corrected chi connectivity index (χ2v) is 4.53. The highest BCUT2D eigenvalue weighted by Gasteiger charge is 2.16. The number of para-hydroxylation sites is 2. The molecule has 1 aromatic rings. The Bertz CT molecular complexity index is 460. The summed E-state index contributed by atoms with van der Waals surface area (Å²) in [6.07, 6.45) is 0. The second-order valence-electron chi connectivity index (χ2n) is 4.53. The number of carbonyl (C=O) groups excluding carboxylic acids is 1. The van der Waals surface area contributed by atoms with Crippen LogP contribution in [0.4, 0.5) is 11.4 Å². The van der Waals surface area contributed by atoms with Crippen molar-refractivity contribution in [2.75, 3.05) is 23.7 Å². The van der Waals surface area contributed by atoms with Gasteiger partial charge in [-0.1, -0.05) is 12.1 Å². The Kier molecular flexibility index (Phi) is 5.17. The Morgan fingerprint density at radius 3 is 2.47 bits per heavy atom. The molecule has 1 rings (SSSR count). The average molecular weight is 265 g/mol. The molecule has 104 valence electrons. The Morgan fingerprint density at radius 2 is 1.95 bits per heavy atom. The first kappa shape index (κ1) is 14.8. The standard InChI is InChI=1S/C13H19N3O3/c1-9(2)15-12(17)7-16(8-13(18)19)11-6-4-3-5-10(11)14/h3-6,9H,7-8,14H2,1-2H3,(H,15,17)(H,18,19). The summed E-state index contributed by atoms with van der Waals surface area (Å²) in [5.74, 6) is -1.25. The van der Waals surface area contributed by atoms with Crippen LogP contribution in [0.3, 0.4) is 0 Å².